The summed E-state index contributed by atoms with van der Waals surface area (Å²) < 4.78 is 39.2. The Kier molecular flexibility index (Phi) is 4.79. The van der Waals surface area contributed by atoms with E-state index < -0.39 is 38.5 Å². The van der Waals surface area contributed by atoms with Gasteiger partial charge >= 0.3 is 5.69 Å². The van der Waals surface area contributed by atoms with Gasteiger partial charge in [-0.15, -0.1) is 10.2 Å². The van der Waals surface area contributed by atoms with Crippen LogP contribution in [0.15, 0.2) is 46.2 Å². The van der Waals surface area contributed by atoms with E-state index >= 15 is 0 Å². The van der Waals surface area contributed by atoms with Crippen LogP contribution in [0.2, 0.25) is 0 Å². The number of nitrogens with zero attached hydrogens (tertiary/aromatic N) is 4. The summed E-state index contributed by atoms with van der Waals surface area (Å²) in [5.74, 6) is -1.28. The molecule has 2 aromatic heterocycles. The first-order chi connectivity index (χ1) is 13.0. The maximum absolute atomic E-state index is 13.6. The molecule has 1 N–H and O–H groups in total. The van der Waals surface area contributed by atoms with Crippen LogP contribution in [0.25, 0.3) is 5.65 Å². The van der Waals surface area contributed by atoms with Crippen LogP contribution in [0.1, 0.15) is 20.8 Å². The topological polar surface area (TPSA) is 115 Å². The third-order valence-corrected chi connectivity index (χ3v) is 6.32. The van der Waals surface area contributed by atoms with Crippen LogP contribution in [-0.4, -0.2) is 38.5 Å². The summed E-state index contributed by atoms with van der Waals surface area (Å²) in [6.45, 7) is 4.08. The average Bonchev–Trinajstić information content (AvgIpc) is 2.91. The van der Waals surface area contributed by atoms with Crippen molar-refractivity contribution in [2.24, 2.45) is 0 Å². The first-order valence-electron chi connectivity index (χ1n) is 8.26. The molecule has 11 heteroatoms. The molecule has 0 saturated heterocycles. The van der Waals surface area contributed by atoms with E-state index in [1.807, 2.05) is 0 Å². The van der Waals surface area contributed by atoms with Crippen molar-refractivity contribution < 1.29 is 17.6 Å². The number of nitrogens with one attached hydrogen (secondary N) is 1. The fourth-order valence-corrected chi connectivity index (χ4v) is 3.40. The van der Waals surface area contributed by atoms with Gasteiger partial charge in [0.2, 0.25) is 15.7 Å². The number of carbonyl (C=O) groups is 1. The largest absolute Gasteiger partial charge is 0.367 e. The van der Waals surface area contributed by atoms with Crippen molar-refractivity contribution in [1.29, 1.82) is 0 Å². The molecule has 0 bridgehead atoms. The van der Waals surface area contributed by atoms with Crippen LogP contribution in [-0.2, 0) is 21.2 Å². The highest BCUT2D eigenvalue weighted by molar-refractivity contribution is 7.92. The number of fused-ring (bicyclic) bond motifs is 1. The molecule has 2 heterocycles. The van der Waals surface area contributed by atoms with E-state index in [1.165, 1.54) is 51.1 Å². The van der Waals surface area contributed by atoms with E-state index in [4.69, 9.17) is 0 Å². The summed E-state index contributed by atoms with van der Waals surface area (Å²) in [5, 5.41) is 9.91. The number of hydrogen-bond donors (Lipinski definition) is 1. The van der Waals surface area contributed by atoms with E-state index in [0.29, 0.717) is 0 Å². The summed E-state index contributed by atoms with van der Waals surface area (Å²) >= 11 is 0. The molecule has 0 aliphatic heterocycles. The number of benzene rings is 1. The highest BCUT2D eigenvalue weighted by Crippen LogP contribution is 2.22. The third kappa shape index (κ3) is 3.52. The maximum Gasteiger partial charge on any atom is 0.367 e. The van der Waals surface area contributed by atoms with Gasteiger partial charge in [-0.05, 0) is 45.0 Å². The molecular formula is C17H18FN5O4S. The van der Waals surface area contributed by atoms with Crippen molar-refractivity contribution in [2.45, 2.75) is 37.1 Å². The number of carbonyl (C=O) groups excluding carboxylic acids is 1. The first kappa shape index (κ1) is 19.7. The molecule has 0 fully saturated rings. The van der Waals surface area contributed by atoms with Gasteiger partial charge in [-0.3, -0.25) is 4.79 Å². The van der Waals surface area contributed by atoms with Crippen molar-refractivity contribution in [3.8, 4) is 0 Å². The summed E-state index contributed by atoms with van der Waals surface area (Å²) in [6.07, 6.45) is 0. The minimum atomic E-state index is -3.77. The number of hydrogen-bond acceptors (Lipinski definition) is 6. The Hall–Kier alpha value is -3.08. The fraction of sp³-hybridized carbons (Fsp3) is 0.294. The molecule has 0 unspecified atom stereocenters. The van der Waals surface area contributed by atoms with E-state index in [-0.39, 0.29) is 16.4 Å². The SMILES string of the molecule is CC(C)(C)S(=O)(=O)c1ccc2nn(CC(=O)Nc3ccccc3F)c(=O)n2n1. The molecular weight excluding hydrogens is 389 g/mol. The number of rotatable bonds is 4. The number of aromatic nitrogens is 4. The van der Waals surface area contributed by atoms with Gasteiger partial charge < -0.3 is 5.32 Å². The summed E-state index contributed by atoms with van der Waals surface area (Å²) in [5.41, 5.74) is -0.734. The molecule has 0 radical (unpaired) electrons. The lowest BCUT2D eigenvalue weighted by atomic mass is 10.3. The zero-order valence-electron chi connectivity index (χ0n) is 15.4. The van der Waals surface area contributed by atoms with Gasteiger partial charge in [0.15, 0.2) is 10.7 Å². The minimum absolute atomic E-state index is 0.0269. The molecule has 0 saturated carbocycles. The van der Waals surface area contributed by atoms with Gasteiger partial charge in [0, 0.05) is 0 Å². The summed E-state index contributed by atoms with van der Waals surface area (Å²) in [7, 11) is -3.77. The van der Waals surface area contributed by atoms with Crippen molar-refractivity contribution >= 4 is 27.1 Å². The third-order valence-electron chi connectivity index (χ3n) is 3.94. The predicted octanol–water partition coefficient (Wildman–Crippen LogP) is 1.24. The zero-order valence-corrected chi connectivity index (χ0v) is 16.2. The van der Waals surface area contributed by atoms with Crippen molar-refractivity contribution in [3.05, 3.63) is 52.7 Å². The zero-order chi connectivity index (χ0) is 20.7. The quantitative estimate of drug-likeness (QED) is 0.696. The van der Waals surface area contributed by atoms with Crippen molar-refractivity contribution in [3.63, 3.8) is 0 Å². The molecule has 0 spiro atoms. The van der Waals surface area contributed by atoms with E-state index in [2.05, 4.69) is 15.5 Å². The summed E-state index contributed by atoms with van der Waals surface area (Å²) in [6, 6.07) is 8.19. The van der Waals surface area contributed by atoms with Crippen LogP contribution in [0.4, 0.5) is 10.1 Å². The second-order valence-corrected chi connectivity index (χ2v) is 9.68. The summed E-state index contributed by atoms with van der Waals surface area (Å²) in [4.78, 5) is 24.6. The van der Waals surface area contributed by atoms with Crippen LogP contribution in [0.3, 0.4) is 0 Å². The predicted molar refractivity (Wildman–Crippen MR) is 99.2 cm³/mol. The van der Waals surface area contributed by atoms with E-state index in [1.54, 1.807) is 6.07 Å². The number of para-hydroxylation sites is 1. The second-order valence-electron chi connectivity index (χ2n) is 7.03. The Morgan fingerprint density at radius 1 is 1.14 bits per heavy atom. The smallest absolute Gasteiger partial charge is 0.322 e. The molecule has 3 aromatic rings. The maximum atomic E-state index is 13.6. The van der Waals surface area contributed by atoms with Crippen molar-refractivity contribution in [2.75, 3.05) is 5.32 Å². The molecule has 3 rings (SSSR count). The number of halogens is 1. The highest BCUT2D eigenvalue weighted by atomic mass is 32.2. The van der Waals surface area contributed by atoms with Crippen LogP contribution in [0, 0.1) is 5.82 Å². The molecule has 0 aliphatic rings. The van der Waals surface area contributed by atoms with Gasteiger partial charge in [-0.2, -0.15) is 4.52 Å². The Morgan fingerprint density at radius 2 is 1.82 bits per heavy atom. The van der Waals surface area contributed by atoms with Gasteiger partial charge in [0.25, 0.3) is 0 Å². The van der Waals surface area contributed by atoms with Gasteiger partial charge in [0.05, 0.1) is 10.4 Å². The molecule has 0 aliphatic carbocycles. The van der Waals surface area contributed by atoms with Crippen LogP contribution in [0.5, 0.6) is 0 Å². The molecule has 9 nitrogen and oxygen atoms in total. The second kappa shape index (κ2) is 6.82. The molecule has 148 valence electrons. The molecule has 28 heavy (non-hydrogen) atoms. The van der Waals surface area contributed by atoms with Gasteiger partial charge in [-0.25, -0.2) is 22.3 Å². The standard InChI is InChI=1S/C17H18FN5O4S/c1-17(2,3)28(26,27)15-9-8-13-20-22(16(25)23(13)21-15)10-14(24)19-12-7-5-4-6-11(12)18/h4-9H,10H2,1-3H3,(H,19,24). The monoisotopic (exact) mass is 407 g/mol. The lowest BCUT2D eigenvalue weighted by Gasteiger charge is -2.17. The Morgan fingerprint density at radius 3 is 2.46 bits per heavy atom. The number of sulfone groups is 1. The fourth-order valence-electron chi connectivity index (χ4n) is 2.34. The van der Waals surface area contributed by atoms with Gasteiger partial charge in [-0.1, -0.05) is 12.1 Å². The average molecular weight is 407 g/mol. The lowest BCUT2D eigenvalue weighted by molar-refractivity contribution is -0.117. The number of anilines is 1. The molecule has 1 amide bonds. The van der Waals surface area contributed by atoms with Crippen LogP contribution >= 0.6 is 0 Å². The van der Waals surface area contributed by atoms with E-state index in [9.17, 15) is 22.4 Å². The Balaban J connectivity index is 1.92. The van der Waals surface area contributed by atoms with E-state index in [0.717, 1.165) is 9.20 Å². The minimum Gasteiger partial charge on any atom is -0.322 e. The first-order valence-corrected chi connectivity index (χ1v) is 9.75. The normalized spacial score (nSPS) is 12.3. The number of amides is 1. The van der Waals surface area contributed by atoms with Gasteiger partial charge in [0.1, 0.15) is 12.4 Å². The molecule has 1 aromatic carbocycles. The van der Waals surface area contributed by atoms with Crippen LogP contribution < -0.4 is 11.0 Å². The van der Waals surface area contributed by atoms with Crippen molar-refractivity contribution in [1.82, 2.24) is 19.4 Å². The lowest BCUT2D eigenvalue weighted by Crippen LogP contribution is -2.31. The Bertz CT molecular complexity index is 1220. The molecule has 0 atom stereocenters. The Labute approximate surface area is 159 Å². The highest BCUT2D eigenvalue weighted by Gasteiger charge is 2.33.